The van der Waals surface area contributed by atoms with Crippen LogP contribution in [0.3, 0.4) is 0 Å². The van der Waals surface area contributed by atoms with E-state index in [4.69, 9.17) is 4.74 Å². The monoisotopic (exact) mass is 427 g/mol. The number of amides is 1. The lowest BCUT2D eigenvalue weighted by molar-refractivity contribution is 0.0746. The van der Waals surface area contributed by atoms with Crippen molar-refractivity contribution in [3.8, 4) is 5.75 Å². The van der Waals surface area contributed by atoms with Crippen molar-refractivity contribution in [2.75, 3.05) is 38.2 Å². The summed E-state index contributed by atoms with van der Waals surface area (Å²) in [7, 11) is -2.17. The first-order valence-electron chi connectivity index (χ1n) is 9.37. The average molecular weight is 427 g/mol. The fourth-order valence-electron chi connectivity index (χ4n) is 3.36. The number of anilines is 1. The molecule has 0 spiro atoms. The Morgan fingerprint density at radius 3 is 2.40 bits per heavy atom. The largest absolute Gasteiger partial charge is 0.497 e. The molecule has 0 saturated carbocycles. The predicted octanol–water partition coefficient (Wildman–Crippen LogP) is 1.49. The number of methoxy groups -OCH3 is 1. The summed E-state index contributed by atoms with van der Waals surface area (Å²) in [4.78, 5) is 20.5. The van der Waals surface area contributed by atoms with Gasteiger partial charge in [0.05, 0.1) is 12.0 Å². The summed E-state index contributed by atoms with van der Waals surface area (Å²) in [5, 5.41) is 3.67. The van der Waals surface area contributed by atoms with Gasteiger partial charge in [-0.2, -0.15) is 8.42 Å². The van der Waals surface area contributed by atoms with Gasteiger partial charge in [0, 0.05) is 43.5 Å². The van der Waals surface area contributed by atoms with Gasteiger partial charge in [-0.1, -0.05) is 6.07 Å². The lowest BCUT2D eigenvalue weighted by Gasteiger charge is -2.36. The Balaban J connectivity index is 1.42. The van der Waals surface area contributed by atoms with Crippen LogP contribution in [0.25, 0.3) is 0 Å². The Morgan fingerprint density at radius 2 is 1.77 bits per heavy atom. The van der Waals surface area contributed by atoms with Crippen molar-refractivity contribution in [2.24, 2.45) is 0 Å². The highest BCUT2D eigenvalue weighted by atomic mass is 32.2. The maximum atomic E-state index is 12.8. The van der Waals surface area contributed by atoms with E-state index < -0.39 is 10.0 Å². The molecule has 4 rings (SSSR count). The van der Waals surface area contributed by atoms with Crippen LogP contribution >= 0.6 is 0 Å². The number of hydrogen-bond acceptors (Lipinski definition) is 7. The second-order valence-corrected chi connectivity index (χ2v) is 8.57. The zero-order valence-electron chi connectivity index (χ0n) is 16.4. The van der Waals surface area contributed by atoms with Crippen LogP contribution in [0.2, 0.25) is 0 Å². The zero-order chi connectivity index (χ0) is 21.1. The molecule has 9 nitrogen and oxygen atoms in total. The van der Waals surface area contributed by atoms with E-state index in [9.17, 15) is 13.2 Å². The molecular weight excluding hydrogens is 406 g/mol. The van der Waals surface area contributed by atoms with Gasteiger partial charge in [-0.05, 0) is 36.4 Å². The van der Waals surface area contributed by atoms with Crippen LogP contribution < -0.4 is 9.64 Å². The summed E-state index contributed by atoms with van der Waals surface area (Å²) in [5.41, 5.74) is 1.51. The van der Waals surface area contributed by atoms with Crippen molar-refractivity contribution in [1.82, 2.24) is 19.1 Å². The first-order chi connectivity index (χ1) is 14.5. The molecule has 0 bridgehead atoms. The fourth-order valence-corrected chi connectivity index (χ4v) is 4.40. The third kappa shape index (κ3) is 3.86. The van der Waals surface area contributed by atoms with Crippen LogP contribution in [0, 0.1) is 0 Å². The second-order valence-electron chi connectivity index (χ2n) is 6.78. The smallest absolute Gasteiger partial charge is 0.284 e. The first-order valence-corrected chi connectivity index (χ1v) is 10.8. The molecule has 2 aromatic carbocycles. The van der Waals surface area contributed by atoms with Gasteiger partial charge < -0.3 is 14.5 Å². The predicted molar refractivity (Wildman–Crippen MR) is 110 cm³/mol. The van der Waals surface area contributed by atoms with Crippen molar-refractivity contribution in [2.45, 2.75) is 4.90 Å². The topological polar surface area (TPSA) is 97.6 Å². The van der Waals surface area contributed by atoms with E-state index in [-0.39, 0.29) is 10.8 Å². The minimum absolute atomic E-state index is 0.0485. The van der Waals surface area contributed by atoms with E-state index in [1.807, 2.05) is 24.3 Å². The van der Waals surface area contributed by atoms with E-state index >= 15 is 0 Å². The molecule has 1 aromatic heterocycles. The molecule has 2 heterocycles. The Kier molecular flexibility index (Phi) is 5.40. The minimum Gasteiger partial charge on any atom is -0.497 e. The average Bonchev–Trinajstić information content (AvgIpc) is 3.35. The molecule has 0 atom stereocenters. The molecule has 1 aliphatic rings. The van der Waals surface area contributed by atoms with Gasteiger partial charge in [-0.3, -0.25) is 4.79 Å². The summed E-state index contributed by atoms with van der Waals surface area (Å²) >= 11 is 0. The number of carbonyl (C=O) groups is 1. The molecule has 1 fully saturated rings. The van der Waals surface area contributed by atoms with Crippen LogP contribution in [-0.2, 0) is 10.0 Å². The van der Waals surface area contributed by atoms with Crippen LogP contribution in [0.4, 0.5) is 5.69 Å². The molecule has 0 aliphatic carbocycles. The Bertz CT molecular complexity index is 1120. The van der Waals surface area contributed by atoms with Gasteiger partial charge in [0.1, 0.15) is 18.4 Å². The highest BCUT2D eigenvalue weighted by Gasteiger charge is 2.24. The molecule has 3 aromatic rings. The second kappa shape index (κ2) is 8.15. The van der Waals surface area contributed by atoms with Crippen LogP contribution in [0.1, 0.15) is 10.4 Å². The number of nitrogens with zero attached hydrogens (tertiary/aromatic N) is 5. The number of ether oxygens (including phenoxy) is 1. The molecule has 0 N–H and O–H groups in total. The Morgan fingerprint density at radius 1 is 1.03 bits per heavy atom. The van der Waals surface area contributed by atoms with E-state index in [1.165, 1.54) is 24.3 Å². The molecule has 1 amide bonds. The van der Waals surface area contributed by atoms with Crippen LogP contribution in [0.5, 0.6) is 5.75 Å². The Labute approximate surface area is 174 Å². The lowest BCUT2D eigenvalue weighted by Crippen LogP contribution is -2.48. The highest BCUT2D eigenvalue weighted by Crippen LogP contribution is 2.23. The summed E-state index contributed by atoms with van der Waals surface area (Å²) < 4.78 is 31.0. The van der Waals surface area contributed by atoms with E-state index in [0.29, 0.717) is 31.7 Å². The first kappa shape index (κ1) is 19.9. The molecule has 1 aliphatic heterocycles. The van der Waals surface area contributed by atoms with Gasteiger partial charge >= 0.3 is 0 Å². The third-order valence-corrected chi connectivity index (χ3v) is 6.58. The fraction of sp³-hybridized carbons (Fsp3) is 0.250. The number of carbonyl (C=O) groups excluding carboxylic acids is 1. The number of rotatable bonds is 5. The quantitative estimate of drug-likeness (QED) is 0.608. The lowest BCUT2D eigenvalue weighted by atomic mass is 10.1. The van der Waals surface area contributed by atoms with Gasteiger partial charge in [-0.25, -0.2) is 4.98 Å². The minimum atomic E-state index is -3.81. The van der Waals surface area contributed by atoms with E-state index in [0.717, 1.165) is 28.2 Å². The maximum absolute atomic E-state index is 12.8. The molecule has 30 heavy (non-hydrogen) atoms. The standard InChI is InChI=1S/C20H21N5O4S/c1-29-18-4-2-3-17(13-18)23-9-11-24(12-10-23)20(26)16-5-7-19(8-6-16)30(27,28)25-15-21-14-22-25/h2-8,13-15H,9-12H2,1H3. The number of piperazine rings is 1. The van der Waals surface area contributed by atoms with Crippen molar-refractivity contribution >= 4 is 21.6 Å². The van der Waals surface area contributed by atoms with Crippen molar-refractivity contribution in [3.63, 3.8) is 0 Å². The molecule has 156 valence electrons. The molecular formula is C20H21N5O4S. The number of hydrogen-bond donors (Lipinski definition) is 0. The van der Waals surface area contributed by atoms with Gasteiger partial charge in [0.25, 0.3) is 15.9 Å². The number of benzene rings is 2. The van der Waals surface area contributed by atoms with E-state index in [1.54, 1.807) is 12.0 Å². The molecule has 1 saturated heterocycles. The molecule has 0 unspecified atom stereocenters. The highest BCUT2D eigenvalue weighted by molar-refractivity contribution is 7.89. The summed E-state index contributed by atoms with van der Waals surface area (Å²) in [6, 6.07) is 13.7. The van der Waals surface area contributed by atoms with Gasteiger partial charge in [-0.15, -0.1) is 9.19 Å². The molecule has 0 radical (unpaired) electrons. The summed E-state index contributed by atoms with van der Waals surface area (Å²) in [6.07, 6.45) is 2.27. The maximum Gasteiger partial charge on any atom is 0.284 e. The number of aromatic nitrogens is 3. The van der Waals surface area contributed by atoms with Gasteiger partial charge in [0.15, 0.2) is 0 Å². The van der Waals surface area contributed by atoms with Crippen LogP contribution in [0.15, 0.2) is 66.1 Å². The van der Waals surface area contributed by atoms with E-state index in [2.05, 4.69) is 15.0 Å². The normalized spacial score (nSPS) is 14.6. The van der Waals surface area contributed by atoms with Gasteiger partial charge in [0.2, 0.25) is 0 Å². The SMILES string of the molecule is COc1cccc(N2CCN(C(=O)c3ccc(S(=O)(=O)n4cncn4)cc3)CC2)c1. The van der Waals surface area contributed by atoms with Crippen LogP contribution in [-0.4, -0.2) is 66.7 Å². The zero-order valence-corrected chi connectivity index (χ0v) is 17.2. The summed E-state index contributed by atoms with van der Waals surface area (Å²) in [5.74, 6) is 0.678. The molecule has 10 heteroatoms. The third-order valence-electron chi connectivity index (χ3n) is 5.03. The van der Waals surface area contributed by atoms with Crippen molar-refractivity contribution in [1.29, 1.82) is 0 Å². The van der Waals surface area contributed by atoms with Crippen molar-refractivity contribution < 1.29 is 17.9 Å². The summed E-state index contributed by atoms with van der Waals surface area (Å²) in [6.45, 7) is 2.57. The Hall–Kier alpha value is -3.40. The van der Waals surface area contributed by atoms with Crippen molar-refractivity contribution in [3.05, 3.63) is 66.7 Å².